The lowest BCUT2D eigenvalue weighted by molar-refractivity contribution is -0.126. The fourth-order valence-electron chi connectivity index (χ4n) is 1.85. The van der Waals surface area contributed by atoms with Gasteiger partial charge in [-0.2, -0.15) is 0 Å². The van der Waals surface area contributed by atoms with Crippen LogP contribution in [0, 0.1) is 5.41 Å². The van der Waals surface area contributed by atoms with Crippen molar-refractivity contribution in [2.75, 3.05) is 6.61 Å². The molecule has 1 aliphatic rings. The molecule has 0 unspecified atom stereocenters. The van der Waals surface area contributed by atoms with Gasteiger partial charge in [0.05, 0.1) is 6.10 Å². The van der Waals surface area contributed by atoms with E-state index in [1.807, 2.05) is 6.92 Å². The molecular formula is C12H22O2. The Balaban J connectivity index is 2.19. The van der Waals surface area contributed by atoms with Crippen LogP contribution in [0.3, 0.4) is 0 Å². The van der Waals surface area contributed by atoms with Crippen molar-refractivity contribution < 1.29 is 9.53 Å². The highest BCUT2D eigenvalue weighted by atomic mass is 16.5. The fraction of sp³-hybridized carbons (Fsp3) is 0.917. The summed E-state index contributed by atoms with van der Waals surface area (Å²) in [6.07, 6.45) is 5.60. The maximum absolute atomic E-state index is 11.1. The molecule has 0 aromatic heterocycles. The minimum absolute atomic E-state index is 0.217. The first kappa shape index (κ1) is 11.7. The van der Waals surface area contributed by atoms with Gasteiger partial charge in [-0.05, 0) is 31.1 Å². The van der Waals surface area contributed by atoms with Crippen molar-refractivity contribution in [3.8, 4) is 0 Å². The van der Waals surface area contributed by atoms with Crippen molar-refractivity contribution in [1.82, 2.24) is 0 Å². The molecule has 1 saturated carbocycles. The number of ketones is 1. The number of Topliss-reactive ketones (excluding diaryl/α,β-unsaturated/α-hetero) is 1. The van der Waals surface area contributed by atoms with Crippen LogP contribution in [0.15, 0.2) is 0 Å². The number of hydrogen-bond acceptors (Lipinski definition) is 2. The van der Waals surface area contributed by atoms with Crippen LogP contribution in [0.4, 0.5) is 0 Å². The summed E-state index contributed by atoms with van der Waals surface area (Å²) in [5.74, 6) is 0.217. The van der Waals surface area contributed by atoms with Crippen molar-refractivity contribution in [3.63, 3.8) is 0 Å². The highest BCUT2D eigenvalue weighted by molar-refractivity contribution is 5.79. The molecular weight excluding hydrogens is 176 g/mol. The molecule has 0 spiro atoms. The molecule has 14 heavy (non-hydrogen) atoms. The van der Waals surface area contributed by atoms with E-state index in [9.17, 15) is 4.79 Å². The molecule has 0 saturated heterocycles. The Bertz CT molecular complexity index is 186. The highest BCUT2D eigenvalue weighted by Crippen LogP contribution is 2.36. The largest absolute Gasteiger partial charge is 0.370 e. The second-order valence-corrected chi connectivity index (χ2v) is 5.07. The zero-order valence-electron chi connectivity index (χ0n) is 9.64. The third kappa shape index (κ3) is 3.79. The molecule has 0 N–H and O–H groups in total. The van der Waals surface area contributed by atoms with Gasteiger partial charge in [0, 0.05) is 6.42 Å². The van der Waals surface area contributed by atoms with Crippen LogP contribution < -0.4 is 0 Å². The average molecular weight is 198 g/mol. The summed E-state index contributed by atoms with van der Waals surface area (Å²) in [6.45, 7) is 6.82. The third-order valence-corrected chi connectivity index (χ3v) is 3.16. The van der Waals surface area contributed by atoms with E-state index in [1.165, 1.54) is 12.8 Å². The Kier molecular flexibility index (Phi) is 4.11. The maximum atomic E-state index is 11.1. The monoisotopic (exact) mass is 198 g/mol. The molecule has 0 amide bonds. The topological polar surface area (TPSA) is 26.3 Å². The maximum Gasteiger partial charge on any atom is 0.158 e. The Hall–Kier alpha value is -0.370. The van der Waals surface area contributed by atoms with E-state index >= 15 is 0 Å². The summed E-state index contributed by atoms with van der Waals surface area (Å²) in [7, 11) is 0. The smallest absolute Gasteiger partial charge is 0.158 e. The van der Waals surface area contributed by atoms with Gasteiger partial charge in [0.1, 0.15) is 6.61 Å². The second kappa shape index (κ2) is 4.92. The van der Waals surface area contributed by atoms with Crippen molar-refractivity contribution in [1.29, 1.82) is 0 Å². The standard InChI is InChI=1S/C12H22O2/c1-4-10(13)9-14-11-5-7-12(2,3)8-6-11/h11H,4-9H2,1-3H3. The van der Waals surface area contributed by atoms with Crippen molar-refractivity contribution >= 4 is 5.78 Å². The van der Waals surface area contributed by atoms with Gasteiger partial charge in [0.2, 0.25) is 0 Å². The number of ether oxygens (including phenoxy) is 1. The number of carbonyl (C=O) groups excluding carboxylic acids is 1. The first-order chi connectivity index (χ1) is 6.53. The van der Waals surface area contributed by atoms with E-state index in [1.54, 1.807) is 0 Å². The molecule has 1 rings (SSSR count). The van der Waals surface area contributed by atoms with Gasteiger partial charge in [-0.3, -0.25) is 4.79 Å². The first-order valence-corrected chi connectivity index (χ1v) is 5.67. The van der Waals surface area contributed by atoms with Gasteiger partial charge < -0.3 is 4.74 Å². The molecule has 0 aliphatic heterocycles. The summed E-state index contributed by atoms with van der Waals surface area (Å²) in [6, 6.07) is 0. The summed E-state index contributed by atoms with van der Waals surface area (Å²) in [5, 5.41) is 0. The molecule has 2 nitrogen and oxygen atoms in total. The number of hydrogen-bond donors (Lipinski definition) is 0. The van der Waals surface area contributed by atoms with E-state index in [2.05, 4.69) is 13.8 Å². The summed E-state index contributed by atoms with van der Waals surface area (Å²) < 4.78 is 5.58. The predicted octanol–water partition coefficient (Wildman–Crippen LogP) is 2.95. The van der Waals surface area contributed by atoms with Gasteiger partial charge in [0.15, 0.2) is 5.78 Å². The molecule has 0 bridgehead atoms. The predicted molar refractivity (Wildman–Crippen MR) is 57.3 cm³/mol. The van der Waals surface area contributed by atoms with Crippen LogP contribution >= 0.6 is 0 Å². The van der Waals surface area contributed by atoms with Crippen LogP contribution in [0.2, 0.25) is 0 Å². The Labute approximate surface area is 87.0 Å². The van der Waals surface area contributed by atoms with Crippen molar-refractivity contribution in [3.05, 3.63) is 0 Å². The van der Waals surface area contributed by atoms with E-state index in [4.69, 9.17) is 4.74 Å². The minimum Gasteiger partial charge on any atom is -0.370 e. The molecule has 82 valence electrons. The normalized spacial score (nSPS) is 22.2. The number of rotatable bonds is 4. The summed E-state index contributed by atoms with van der Waals surface area (Å²) >= 11 is 0. The fourth-order valence-corrected chi connectivity index (χ4v) is 1.85. The Morgan fingerprint density at radius 1 is 1.36 bits per heavy atom. The molecule has 0 atom stereocenters. The minimum atomic E-state index is 0.217. The zero-order chi connectivity index (χ0) is 10.6. The van der Waals surface area contributed by atoms with Crippen molar-refractivity contribution in [2.45, 2.75) is 59.0 Å². The molecule has 1 aliphatic carbocycles. The van der Waals surface area contributed by atoms with Gasteiger partial charge >= 0.3 is 0 Å². The van der Waals surface area contributed by atoms with E-state index in [-0.39, 0.29) is 5.78 Å². The molecule has 0 heterocycles. The Morgan fingerprint density at radius 3 is 2.43 bits per heavy atom. The van der Waals surface area contributed by atoms with Crippen LogP contribution in [0.5, 0.6) is 0 Å². The van der Waals surface area contributed by atoms with Crippen LogP contribution in [-0.2, 0) is 9.53 Å². The molecule has 2 heteroatoms. The lowest BCUT2D eigenvalue weighted by Crippen LogP contribution is -2.27. The third-order valence-electron chi connectivity index (χ3n) is 3.16. The SMILES string of the molecule is CCC(=O)COC1CCC(C)(C)CC1. The quantitative estimate of drug-likeness (QED) is 0.694. The summed E-state index contributed by atoms with van der Waals surface area (Å²) in [5.41, 5.74) is 0.481. The summed E-state index contributed by atoms with van der Waals surface area (Å²) in [4.78, 5) is 11.1. The second-order valence-electron chi connectivity index (χ2n) is 5.07. The van der Waals surface area contributed by atoms with Crippen molar-refractivity contribution in [2.24, 2.45) is 5.41 Å². The van der Waals surface area contributed by atoms with E-state index < -0.39 is 0 Å². The van der Waals surface area contributed by atoms with Gasteiger partial charge in [-0.15, -0.1) is 0 Å². The first-order valence-electron chi connectivity index (χ1n) is 5.67. The molecule has 1 fully saturated rings. The van der Waals surface area contributed by atoms with Crippen LogP contribution in [0.25, 0.3) is 0 Å². The van der Waals surface area contributed by atoms with E-state index in [0.29, 0.717) is 24.5 Å². The Morgan fingerprint density at radius 2 is 1.93 bits per heavy atom. The molecule has 0 aromatic carbocycles. The lowest BCUT2D eigenvalue weighted by atomic mass is 9.76. The molecule has 0 aromatic rings. The lowest BCUT2D eigenvalue weighted by Gasteiger charge is -2.34. The average Bonchev–Trinajstić information content (AvgIpc) is 2.16. The highest BCUT2D eigenvalue weighted by Gasteiger charge is 2.27. The zero-order valence-corrected chi connectivity index (χ0v) is 9.64. The molecule has 0 radical (unpaired) electrons. The van der Waals surface area contributed by atoms with Crippen LogP contribution in [0.1, 0.15) is 52.9 Å². The number of carbonyl (C=O) groups is 1. The van der Waals surface area contributed by atoms with Gasteiger partial charge in [-0.25, -0.2) is 0 Å². The van der Waals surface area contributed by atoms with Crippen LogP contribution in [-0.4, -0.2) is 18.5 Å². The van der Waals surface area contributed by atoms with E-state index in [0.717, 1.165) is 12.8 Å². The van der Waals surface area contributed by atoms with Gasteiger partial charge in [0.25, 0.3) is 0 Å². The van der Waals surface area contributed by atoms with Gasteiger partial charge in [-0.1, -0.05) is 20.8 Å².